The number of hydrogen-bond acceptors (Lipinski definition) is 5. The van der Waals surface area contributed by atoms with Crippen molar-refractivity contribution in [2.24, 2.45) is 11.3 Å². The Bertz CT molecular complexity index is 734. The Kier molecular flexibility index (Phi) is 4.87. The largest absolute Gasteiger partial charge is 0.396 e. The number of halogens is 1. The van der Waals surface area contributed by atoms with Crippen LogP contribution in [0.3, 0.4) is 0 Å². The lowest BCUT2D eigenvalue weighted by atomic mass is 9.71. The smallest absolute Gasteiger partial charge is 0.131 e. The van der Waals surface area contributed by atoms with Gasteiger partial charge in [-0.25, -0.2) is 14.4 Å². The fourth-order valence-corrected chi connectivity index (χ4v) is 4.52. The van der Waals surface area contributed by atoms with Crippen LogP contribution in [0.25, 0.3) is 0 Å². The van der Waals surface area contributed by atoms with E-state index in [1.54, 1.807) is 18.6 Å². The molecule has 6 heteroatoms. The van der Waals surface area contributed by atoms with Crippen LogP contribution in [0.4, 0.5) is 10.2 Å². The number of nitrogens with zero attached hydrogens (tertiary/aromatic N) is 4. The zero-order chi connectivity index (χ0) is 18.0. The molecular weight excluding hydrogens is 331 g/mol. The first-order valence-electron chi connectivity index (χ1n) is 9.28. The number of aliphatic hydroxyl groups is 1. The van der Waals surface area contributed by atoms with Crippen LogP contribution >= 0.6 is 0 Å². The van der Waals surface area contributed by atoms with Crippen LogP contribution in [-0.4, -0.2) is 52.8 Å². The Balaban J connectivity index is 1.43. The van der Waals surface area contributed by atoms with Crippen LogP contribution in [0.5, 0.6) is 0 Å². The summed E-state index contributed by atoms with van der Waals surface area (Å²) < 4.78 is 13.9. The topological polar surface area (TPSA) is 52.5 Å². The first-order valence-corrected chi connectivity index (χ1v) is 9.28. The summed E-state index contributed by atoms with van der Waals surface area (Å²) in [6.07, 6.45) is 5.38. The number of likely N-dealkylation sites (tertiary alicyclic amines) is 1. The minimum Gasteiger partial charge on any atom is -0.396 e. The molecule has 1 atom stereocenters. The molecular formula is C20H25FN4O. The monoisotopic (exact) mass is 356 g/mol. The Morgan fingerprint density at radius 3 is 2.69 bits per heavy atom. The summed E-state index contributed by atoms with van der Waals surface area (Å²) in [5.41, 5.74) is 0.877. The standard InChI is InChI=1S/C20H25FN4O/c21-18-4-2-1-3-16(18)11-24-9-6-20(7-10-24)14-25(12-17(20)13-26)19-5-8-22-15-23-19/h1-5,8,15,17,26H,6-7,9-14H2. The van der Waals surface area contributed by atoms with Crippen LogP contribution in [0.15, 0.2) is 42.9 Å². The molecule has 5 nitrogen and oxygen atoms in total. The normalized spacial score (nSPS) is 22.8. The molecule has 2 aliphatic rings. The van der Waals surface area contributed by atoms with Gasteiger partial charge in [-0.3, -0.25) is 4.90 Å². The molecule has 0 radical (unpaired) electrons. The summed E-state index contributed by atoms with van der Waals surface area (Å²) in [4.78, 5) is 13.0. The number of aliphatic hydroxyl groups excluding tert-OH is 1. The Morgan fingerprint density at radius 1 is 1.19 bits per heavy atom. The number of piperidine rings is 1. The van der Waals surface area contributed by atoms with Gasteiger partial charge in [-0.2, -0.15) is 0 Å². The molecule has 26 heavy (non-hydrogen) atoms. The van der Waals surface area contributed by atoms with E-state index in [2.05, 4.69) is 19.8 Å². The lowest BCUT2D eigenvalue weighted by Gasteiger charge is -2.42. The van der Waals surface area contributed by atoms with Crippen molar-refractivity contribution < 1.29 is 9.50 Å². The van der Waals surface area contributed by atoms with E-state index in [0.29, 0.717) is 6.54 Å². The number of anilines is 1. The molecule has 2 fully saturated rings. The third kappa shape index (κ3) is 3.31. The van der Waals surface area contributed by atoms with E-state index in [9.17, 15) is 9.50 Å². The van der Waals surface area contributed by atoms with Crippen LogP contribution in [0.2, 0.25) is 0 Å². The number of hydrogen-bond donors (Lipinski definition) is 1. The first-order chi connectivity index (χ1) is 12.7. The van der Waals surface area contributed by atoms with Gasteiger partial charge in [0.15, 0.2) is 0 Å². The van der Waals surface area contributed by atoms with E-state index in [1.165, 1.54) is 6.07 Å². The molecule has 4 rings (SSSR count). The highest BCUT2D eigenvalue weighted by Crippen LogP contribution is 2.45. The van der Waals surface area contributed by atoms with E-state index >= 15 is 0 Å². The van der Waals surface area contributed by atoms with E-state index in [4.69, 9.17) is 0 Å². The van der Waals surface area contributed by atoms with Gasteiger partial charge in [0.25, 0.3) is 0 Å². The molecule has 1 aromatic carbocycles. The SMILES string of the molecule is OCC1CN(c2ccncn2)CC12CCN(Cc1ccccc1F)CC2. The quantitative estimate of drug-likeness (QED) is 0.911. The second-order valence-corrected chi connectivity index (χ2v) is 7.56. The van der Waals surface area contributed by atoms with Crippen LogP contribution in [-0.2, 0) is 6.54 Å². The molecule has 1 aromatic heterocycles. The molecule has 2 aromatic rings. The van der Waals surface area contributed by atoms with Gasteiger partial charge in [-0.15, -0.1) is 0 Å². The average molecular weight is 356 g/mol. The van der Waals surface area contributed by atoms with Crippen molar-refractivity contribution in [1.82, 2.24) is 14.9 Å². The summed E-state index contributed by atoms with van der Waals surface area (Å²) >= 11 is 0. The zero-order valence-electron chi connectivity index (χ0n) is 14.9. The van der Waals surface area contributed by atoms with Crippen molar-refractivity contribution in [1.29, 1.82) is 0 Å². The fraction of sp³-hybridized carbons (Fsp3) is 0.500. The predicted molar refractivity (Wildman–Crippen MR) is 98.2 cm³/mol. The highest BCUT2D eigenvalue weighted by atomic mass is 19.1. The fourth-order valence-electron chi connectivity index (χ4n) is 4.52. The maximum atomic E-state index is 13.9. The van der Waals surface area contributed by atoms with Crippen molar-refractivity contribution in [2.45, 2.75) is 19.4 Å². The summed E-state index contributed by atoms with van der Waals surface area (Å²) in [5, 5.41) is 9.96. The molecule has 2 saturated heterocycles. The summed E-state index contributed by atoms with van der Waals surface area (Å²) in [6.45, 7) is 4.48. The molecule has 0 saturated carbocycles. The Labute approximate surface area is 153 Å². The van der Waals surface area contributed by atoms with E-state index < -0.39 is 0 Å². The second kappa shape index (κ2) is 7.29. The van der Waals surface area contributed by atoms with Gasteiger partial charge >= 0.3 is 0 Å². The third-order valence-corrected chi connectivity index (χ3v) is 6.13. The van der Waals surface area contributed by atoms with Crippen LogP contribution in [0, 0.1) is 17.2 Å². The zero-order valence-corrected chi connectivity index (χ0v) is 14.9. The Morgan fingerprint density at radius 2 is 2.00 bits per heavy atom. The van der Waals surface area contributed by atoms with Gasteiger partial charge < -0.3 is 10.0 Å². The highest BCUT2D eigenvalue weighted by molar-refractivity contribution is 5.39. The maximum Gasteiger partial charge on any atom is 0.131 e. The molecule has 1 unspecified atom stereocenters. The summed E-state index contributed by atoms with van der Waals surface area (Å²) in [6, 6.07) is 8.95. The summed E-state index contributed by atoms with van der Waals surface area (Å²) in [5.74, 6) is 1.06. The minimum absolute atomic E-state index is 0.117. The summed E-state index contributed by atoms with van der Waals surface area (Å²) in [7, 11) is 0. The van der Waals surface area contributed by atoms with Gasteiger partial charge in [0.1, 0.15) is 18.0 Å². The van der Waals surface area contributed by atoms with Gasteiger partial charge in [0.05, 0.1) is 0 Å². The van der Waals surface area contributed by atoms with Crippen LogP contribution < -0.4 is 4.90 Å². The molecule has 0 aliphatic carbocycles. The van der Waals surface area contributed by atoms with Gasteiger partial charge in [-0.1, -0.05) is 18.2 Å². The first kappa shape index (κ1) is 17.4. The van der Waals surface area contributed by atoms with E-state index in [-0.39, 0.29) is 23.8 Å². The van der Waals surface area contributed by atoms with Crippen molar-refractivity contribution in [3.05, 3.63) is 54.2 Å². The van der Waals surface area contributed by atoms with Crippen molar-refractivity contribution in [2.75, 3.05) is 37.7 Å². The molecule has 0 amide bonds. The van der Waals surface area contributed by atoms with Gasteiger partial charge in [0.2, 0.25) is 0 Å². The highest BCUT2D eigenvalue weighted by Gasteiger charge is 2.47. The van der Waals surface area contributed by atoms with Crippen molar-refractivity contribution >= 4 is 5.82 Å². The average Bonchev–Trinajstić information content (AvgIpc) is 3.04. The number of benzene rings is 1. The Hall–Kier alpha value is -2.05. The lowest BCUT2D eigenvalue weighted by Crippen LogP contribution is -2.44. The van der Waals surface area contributed by atoms with Crippen molar-refractivity contribution in [3.8, 4) is 0 Å². The number of aromatic nitrogens is 2. The minimum atomic E-state index is -0.128. The van der Waals surface area contributed by atoms with Crippen molar-refractivity contribution in [3.63, 3.8) is 0 Å². The van der Waals surface area contributed by atoms with Gasteiger partial charge in [-0.05, 0) is 43.5 Å². The second-order valence-electron chi connectivity index (χ2n) is 7.56. The van der Waals surface area contributed by atoms with Crippen LogP contribution in [0.1, 0.15) is 18.4 Å². The molecule has 3 heterocycles. The van der Waals surface area contributed by atoms with Gasteiger partial charge in [0, 0.05) is 43.9 Å². The third-order valence-electron chi connectivity index (χ3n) is 6.13. The van der Waals surface area contributed by atoms with E-state index in [0.717, 1.165) is 50.4 Å². The molecule has 138 valence electrons. The molecule has 1 N–H and O–H groups in total. The molecule has 2 aliphatic heterocycles. The maximum absolute atomic E-state index is 13.9. The lowest BCUT2D eigenvalue weighted by molar-refractivity contribution is 0.0503. The molecule has 0 bridgehead atoms. The molecule has 1 spiro atoms. The predicted octanol–water partition coefficient (Wildman–Crippen LogP) is 2.33. The number of rotatable bonds is 4. The van der Waals surface area contributed by atoms with E-state index in [1.807, 2.05) is 18.2 Å².